The van der Waals surface area contributed by atoms with Gasteiger partial charge >= 0.3 is 0 Å². The molecule has 1 atom stereocenters. The van der Waals surface area contributed by atoms with Crippen LogP contribution in [0.2, 0.25) is 0 Å². The number of carbonyl (C=O) groups excluding carboxylic acids is 1. The molecule has 0 radical (unpaired) electrons. The number of carbonyl (C=O) groups is 1. The van der Waals surface area contributed by atoms with Crippen molar-refractivity contribution in [3.8, 4) is 17.2 Å². The third-order valence-electron chi connectivity index (χ3n) is 6.10. The molecule has 2 aromatic rings. The van der Waals surface area contributed by atoms with Crippen molar-refractivity contribution < 1.29 is 19.0 Å². The fraction of sp³-hybridized carbons (Fsp3) is 0.370. The monoisotopic (exact) mass is 420 g/mol. The van der Waals surface area contributed by atoms with Crippen molar-refractivity contribution in [2.45, 2.75) is 33.6 Å². The molecular weight excluding hydrogens is 388 g/mol. The second kappa shape index (κ2) is 9.86. The van der Waals surface area contributed by atoms with E-state index in [1.54, 1.807) is 21.3 Å². The number of rotatable bonds is 6. The SMILES string of the molecule is COc1cccc(C)c1/C=C1\CC(C(C)C)C/C(=C\c2c(OC)cccc2OC)C1=O. The topological polar surface area (TPSA) is 44.8 Å². The molecule has 3 rings (SSSR count). The fourth-order valence-electron chi connectivity index (χ4n) is 4.14. The Balaban J connectivity index is 2.12. The van der Waals surface area contributed by atoms with Gasteiger partial charge in [0.25, 0.3) is 0 Å². The third kappa shape index (κ3) is 4.84. The van der Waals surface area contributed by atoms with Crippen LogP contribution in [0.1, 0.15) is 43.4 Å². The van der Waals surface area contributed by atoms with E-state index in [0.717, 1.165) is 46.4 Å². The molecule has 1 unspecified atom stereocenters. The number of Topliss-reactive ketones (excluding diaryl/α,β-unsaturated/α-hetero) is 1. The van der Waals surface area contributed by atoms with E-state index in [-0.39, 0.29) is 5.78 Å². The second-order valence-corrected chi connectivity index (χ2v) is 8.35. The highest BCUT2D eigenvalue weighted by Gasteiger charge is 2.30. The van der Waals surface area contributed by atoms with Crippen molar-refractivity contribution in [1.82, 2.24) is 0 Å². The molecule has 0 heterocycles. The molecule has 0 bridgehead atoms. The predicted octanol–water partition coefficient (Wildman–Crippen LogP) is 6.12. The Kier molecular flexibility index (Phi) is 7.21. The van der Waals surface area contributed by atoms with Crippen molar-refractivity contribution in [3.05, 3.63) is 64.2 Å². The molecule has 0 aromatic heterocycles. The first kappa shape index (κ1) is 22.7. The average molecular weight is 421 g/mol. The molecule has 0 saturated heterocycles. The number of methoxy groups -OCH3 is 3. The zero-order chi connectivity index (χ0) is 22.5. The Morgan fingerprint density at radius 2 is 1.26 bits per heavy atom. The van der Waals surface area contributed by atoms with Gasteiger partial charge in [0.2, 0.25) is 0 Å². The Morgan fingerprint density at radius 1 is 0.806 bits per heavy atom. The van der Waals surface area contributed by atoms with Gasteiger partial charge in [-0.2, -0.15) is 0 Å². The van der Waals surface area contributed by atoms with Crippen LogP contribution in [0.5, 0.6) is 17.2 Å². The molecule has 0 amide bonds. The standard InChI is InChI=1S/C27H32O4/c1-17(2)19-13-20(15-22-18(3)9-7-10-24(22)29-4)27(28)21(14-19)16-23-25(30-5)11-8-12-26(23)31-6/h7-12,15-17,19H,13-14H2,1-6H3/b20-15+,21-16+. The summed E-state index contributed by atoms with van der Waals surface area (Å²) in [5.74, 6) is 3.08. The van der Waals surface area contributed by atoms with Crippen LogP contribution in [0.25, 0.3) is 12.2 Å². The Labute approximate surface area is 185 Å². The lowest BCUT2D eigenvalue weighted by atomic mass is 9.75. The van der Waals surface area contributed by atoms with Gasteiger partial charge in [-0.15, -0.1) is 0 Å². The smallest absolute Gasteiger partial charge is 0.185 e. The summed E-state index contributed by atoms with van der Waals surface area (Å²) in [6, 6.07) is 11.6. The van der Waals surface area contributed by atoms with Gasteiger partial charge < -0.3 is 14.2 Å². The molecule has 0 aliphatic heterocycles. The number of ether oxygens (including phenoxy) is 3. The minimum Gasteiger partial charge on any atom is -0.496 e. The van der Waals surface area contributed by atoms with Crippen molar-refractivity contribution >= 4 is 17.9 Å². The highest BCUT2D eigenvalue weighted by Crippen LogP contribution is 2.39. The largest absolute Gasteiger partial charge is 0.496 e. The molecule has 1 fully saturated rings. The molecule has 1 saturated carbocycles. The van der Waals surface area contributed by atoms with E-state index < -0.39 is 0 Å². The van der Waals surface area contributed by atoms with Gasteiger partial charge in [0.1, 0.15) is 17.2 Å². The Hall–Kier alpha value is -3.01. The molecule has 31 heavy (non-hydrogen) atoms. The first-order valence-corrected chi connectivity index (χ1v) is 10.7. The minimum atomic E-state index is 0.0789. The number of hydrogen-bond acceptors (Lipinski definition) is 4. The van der Waals surface area contributed by atoms with E-state index in [4.69, 9.17) is 14.2 Å². The zero-order valence-electron chi connectivity index (χ0n) is 19.3. The summed E-state index contributed by atoms with van der Waals surface area (Å²) >= 11 is 0. The maximum Gasteiger partial charge on any atom is 0.185 e. The van der Waals surface area contributed by atoms with Crippen molar-refractivity contribution in [2.75, 3.05) is 21.3 Å². The highest BCUT2D eigenvalue weighted by molar-refractivity contribution is 6.14. The first-order valence-electron chi connectivity index (χ1n) is 10.7. The van der Waals surface area contributed by atoms with Crippen molar-refractivity contribution in [2.24, 2.45) is 11.8 Å². The van der Waals surface area contributed by atoms with Gasteiger partial charge in [0.15, 0.2) is 5.78 Å². The molecule has 4 nitrogen and oxygen atoms in total. The summed E-state index contributed by atoms with van der Waals surface area (Å²) < 4.78 is 16.6. The third-order valence-corrected chi connectivity index (χ3v) is 6.10. The summed E-state index contributed by atoms with van der Waals surface area (Å²) in [5, 5.41) is 0. The molecule has 4 heteroatoms. The van der Waals surface area contributed by atoms with Gasteiger partial charge in [-0.25, -0.2) is 0 Å². The van der Waals surface area contributed by atoms with E-state index in [9.17, 15) is 4.79 Å². The van der Waals surface area contributed by atoms with E-state index in [2.05, 4.69) is 13.8 Å². The van der Waals surface area contributed by atoms with Gasteiger partial charge in [-0.3, -0.25) is 4.79 Å². The first-order chi connectivity index (χ1) is 14.9. The lowest BCUT2D eigenvalue weighted by molar-refractivity contribution is -0.113. The summed E-state index contributed by atoms with van der Waals surface area (Å²) in [7, 11) is 4.92. The maximum absolute atomic E-state index is 13.6. The van der Waals surface area contributed by atoms with Gasteiger partial charge in [-0.05, 0) is 67.5 Å². The normalized spacial score (nSPS) is 19.2. The van der Waals surface area contributed by atoms with Crippen LogP contribution in [-0.4, -0.2) is 27.1 Å². The van der Waals surface area contributed by atoms with Crippen LogP contribution in [0.15, 0.2) is 47.5 Å². The van der Waals surface area contributed by atoms with Crippen LogP contribution in [0.4, 0.5) is 0 Å². The predicted molar refractivity (Wildman–Crippen MR) is 126 cm³/mol. The molecule has 0 N–H and O–H groups in total. The summed E-state index contributed by atoms with van der Waals surface area (Å²) in [4.78, 5) is 13.6. The maximum atomic E-state index is 13.6. The highest BCUT2D eigenvalue weighted by atomic mass is 16.5. The van der Waals surface area contributed by atoms with E-state index >= 15 is 0 Å². The number of ketones is 1. The van der Waals surface area contributed by atoms with Crippen LogP contribution in [-0.2, 0) is 4.79 Å². The van der Waals surface area contributed by atoms with E-state index in [0.29, 0.717) is 23.3 Å². The van der Waals surface area contributed by atoms with Gasteiger partial charge in [0.05, 0.1) is 26.9 Å². The average Bonchev–Trinajstić information content (AvgIpc) is 2.77. The number of aryl methyl sites for hydroxylation is 1. The number of benzene rings is 2. The lowest BCUT2D eigenvalue weighted by Gasteiger charge is -2.29. The molecule has 1 aliphatic carbocycles. The quantitative estimate of drug-likeness (QED) is 0.528. The van der Waals surface area contributed by atoms with Crippen LogP contribution in [0, 0.1) is 18.8 Å². The van der Waals surface area contributed by atoms with Crippen LogP contribution >= 0.6 is 0 Å². The molecular formula is C27H32O4. The molecule has 2 aromatic carbocycles. The zero-order valence-corrected chi connectivity index (χ0v) is 19.3. The molecule has 1 aliphatic rings. The van der Waals surface area contributed by atoms with Gasteiger partial charge in [-0.1, -0.05) is 32.0 Å². The van der Waals surface area contributed by atoms with Crippen LogP contribution < -0.4 is 14.2 Å². The molecule has 164 valence electrons. The Bertz CT molecular complexity index is 992. The van der Waals surface area contributed by atoms with Crippen molar-refractivity contribution in [3.63, 3.8) is 0 Å². The van der Waals surface area contributed by atoms with E-state index in [1.165, 1.54) is 0 Å². The van der Waals surface area contributed by atoms with Crippen molar-refractivity contribution in [1.29, 1.82) is 0 Å². The van der Waals surface area contributed by atoms with Gasteiger partial charge in [0, 0.05) is 16.7 Å². The van der Waals surface area contributed by atoms with E-state index in [1.807, 2.05) is 55.5 Å². The number of allylic oxidation sites excluding steroid dienone is 2. The summed E-state index contributed by atoms with van der Waals surface area (Å²) in [6.07, 6.45) is 5.45. The second-order valence-electron chi connectivity index (χ2n) is 8.35. The minimum absolute atomic E-state index is 0.0789. The Morgan fingerprint density at radius 3 is 1.74 bits per heavy atom. The fourth-order valence-corrected chi connectivity index (χ4v) is 4.14. The van der Waals surface area contributed by atoms with Crippen LogP contribution in [0.3, 0.4) is 0 Å². The molecule has 0 spiro atoms. The lowest BCUT2D eigenvalue weighted by Crippen LogP contribution is -2.23. The summed E-state index contributed by atoms with van der Waals surface area (Å²) in [5.41, 5.74) is 4.45. The number of hydrogen-bond donors (Lipinski definition) is 0. The summed E-state index contributed by atoms with van der Waals surface area (Å²) in [6.45, 7) is 6.47.